The second-order valence-corrected chi connectivity index (χ2v) is 3.86. The van der Waals surface area contributed by atoms with Crippen molar-refractivity contribution < 1.29 is 0 Å². The molecule has 0 aromatic carbocycles. The van der Waals surface area contributed by atoms with E-state index in [-0.39, 0.29) is 0 Å². The Hall–Kier alpha value is -0.0800. The van der Waals surface area contributed by atoms with Crippen molar-refractivity contribution in [2.75, 3.05) is 27.2 Å². The molecule has 0 radical (unpaired) electrons. The summed E-state index contributed by atoms with van der Waals surface area (Å²) in [5.74, 6) is 0. The minimum atomic E-state index is 0.659. The van der Waals surface area contributed by atoms with Crippen LogP contribution in [-0.2, 0) is 0 Å². The zero-order valence-corrected chi connectivity index (χ0v) is 9.77. The van der Waals surface area contributed by atoms with Gasteiger partial charge in [0.15, 0.2) is 0 Å². The van der Waals surface area contributed by atoms with Gasteiger partial charge in [0.1, 0.15) is 0 Å². The molecule has 0 aliphatic heterocycles. The third kappa shape index (κ3) is 7.03. The largest absolute Gasteiger partial charge is 0.316 e. The maximum Gasteiger partial charge on any atom is 0.0189 e. The van der Waals surface area contributed by atoms with Crippen molar-refractivity contribution in [3.63, 3.8) is 0 Å². The molecule has 1 N–H and O–H groups in total. The lowest BCUT2D eigenvalue weighted by Crippen LogP contribution is -2.37. The number of hydrogen-bond donors (Lipinski definition) is 1. The van der Waals surface area contributed by atoms with E-state index < -0.39 is 0 Å². The first-order valence-electron chi connectivity index (χ1n) is 5.60. The van der Waals surface area contributed by atoms with Crippen LogP contribution in [0.1, 0.15) is 39.5 Å². The average Bonchev–Trinajstić information content (AvgIpc) is 2.14. The molecule has 0 aromatic heterocycles. The maximum absolute atomic E-state index is 3.33. The van der Waals surface area contributed by atoms with E-state index in [0.717, 1.165) is 0 Å². The second kappa shape index (κ2) is 8.52. The fourth-order valence-corrected chi connectivity index (χ4v) is 1.52. The predicted molar refractivity (Wildman–Crippen MR) is 60.2 cm³/mol. The molecule has 0 amide bonds. The van der Waals surface area contributed by atoms with E-state index >= 15 is 0 Å². The first kappa shape index (κ1) is 12.9. The SMILES string of the molecule is CCCCCN(C)CC(CC)NC. The van der Waals surface area contributed by atoms with Gasteiger partial charge in [0.2, 0.25) is 0 Å². The lowest BCUT2D eigenvalue weighted by Gasteiger charge is -2.22. The van der Waals surface area contributed by atoms with Gasteiger partial charge in [-0.05, 0) is 33.5 Å². The average molecular weight is 186 g/mol. The van der Waals surface area contributed by atoms with Crippen LogP contribution in [0.5, 0.6) is 0 Å². The van der Waals surface area contributed by atoms with E-state index in [4.69, 9.17) is 0 Å². The van der Waals surface area contributed by atoms with Gasteiger partial charge in [0, 0.05) is 12.6 Å². The van der Waals surface area contributed by atoms with Gasteiger partial charge < -0.3 is 10.2 Å². The van der Waals surface area contributed by atoms with E-state index in [0.29, 0.717) is 6.04 Å². The van der Waals surface area contributed by atoms with E-state index in [1.54, 1.807) is 0 Å². The van der Waals surface area contributed by atoms with Crippen LogP contribution in [0.3, 0.4) is 0 Å². The fraction of sp³-hybridized carbons (Fsp3) is 1.00. The third-order valence-corrected chi connectivity index (χ3v) is 2.58. The van der Waals surface area contributed by atoms with Gasteiger partial charge in [-0.1, -0.05) is 26.7 Å². The summed E-state index contributed by atoms with van der Waals surface area (Å²) in [6.07, 6.45) is 5.24. The van der Waals surface area contributed by atoms with Crippen LogP contribution >= 0.6 is 0 Å². The molecule has 0 aliphatic carbocycles. The van der Waals surface area contributed by atoms with Gasteiger partial charge in [-0.15, -0.1) is 0 Å². The number of rotatable bonds is 8. The molecule has 0 spiro atoms. The highest BCUT2D eigenvalue weighted by Crippen LogP contribution is 1.98. The van der Waals surface area contributed by atoms with Gasteiger partial charge in [0.25, 0.3) is 0 Å². The fourth-order valence-electron chi connectivity index (χ4n) is 1.52. The number of likely N-dealkylation sites (N-methyl/N-ethyl adjacent to an activating group) is 2. The standard InChI is InChI=1S/C11H26N2/c1-5-7-8-9-13(4)10-11(6-2)12-3/h11-12H,5-10H2,1-4H3. The molecular formula is C11H26N2. The molecule has 0 saturated heterocycles. The smallest absolute Gasteiger partial charge is 0.0189 e. The van der Waals surface area contributed by atoms with Crippen molar-refractivity contribution in [1.82, 2.24) is 10.2 Å². The zero-order valence-electron chi connectivity index (χ0n) is 9.77. The first-order chi connectivity index (χ1) is 6.24. The highest BCUT2D eigenvalue weighted by atomic mass is 15.1. The molecule has 1 atom stereocenters. The topological polar surface area (TPSA) is 15.3 Å². The third-order valence-electron chi connectivity index (χ3n) is 2.58. The van der Waals surface area contributed by atoms with Crippen molar-refractivity contribution in [2.45, 2.75) is 45.6 Å². The molecule has 2 heteroatoms. The number of hydrogen-bond acceptors (Lipinski definition) is 2. The molecule has 0 rings (SSSR count). The van der Waals surface area contributed by atoms with E-state index in [2.05, 4.69) is 31.1 Å². The molecule has 80 valence electrons. The Morgan fingerprint density at radius 3 is 2.38 bits per heavy atom. The van der Waals surface area contributed by atoms with E-state index in [9.17, 15) is 0 Å². The lowest BCUT2D eigenvalue weighted by atomic mass is 10.2. The minimum absolute atomic E-state index is 0.659. The number of unbranched alkanes of at least 4 members (excludes halogenated alkanes) is 2. The summed E-state index contributed by atoms with van der Waals surface area (Å²) in [6, 6.07) is 0.659. The zero-order chi connectivity index (χ0) is 10.1. The van der Waals surface area contributed by atoms with E-state index in [1.807, 2.05) is 7.05 Å². The molecule has 0 aromatic rings. The van der Waals surface area contributed by atoms with Gasteiger partial charge in [0.05, 0.1) is 0 Å². The number of nitrogens with one attached hydrogen (secondary N) is 1. The maximum atomic E-state index is 3.33. The van der Waals surface area contributed by atoms with E-state index in [1.165, 1.54) is 38.8 Å². The molecule has 0 fully saturated rings. The van der Waals surface area contributed by atoms with Crippen molar-refractivity contribution in [1.29, 1.82) is 0 Å². The van der Waals surface area contributed by atoms with Crippen LogP contribution in [0.25, 0.3) is 0 Å². The summed E-state index contributed by atoms with van der Waals surface area (Å²) < 4.78 is 0. The normalized spacial score (nSPS) is 13.6. The van der Waals surface area contributed by atoms with Gasteiger partial charge in [-0.2, -0.15) is 0 Å². The van der Waals surface area contributed by atoms with Crippen molar-refractivity contribution in [3.8, 4) is 0 Å². The summed E-state index contributed by atoms with van der Waals surface area (Å²) in [4.78, 5) is 2.43. The quantitative estimate of drug-likeness (QED) is 0.584. The highest BCUT2D eigenvalue weighted by Gasteiger charge is 2.05. The van der Waals surface area contributed by atoms with Gasteiger partial charge in [-0.25, -0.2) is 0 Å². The summed E-state index contributed by atoms with van der Waals surface area (Å²) in [6.45, 7) is 6.91. The molecule has 2 nitrogen and oxygen atoms in total. The van der Waals surface area contributed by atoms with Crippen LogP contribution in [0, 0.1) is 0 Å². The molecular weight excluding hydrogens is 160 g/mol. The molecule has 0 bridgehead atoms. The highest BCUT2D eigenvalue weighted by molar-refractivity contribution is 4.66. The Kier molecular flexibility index (Phi) is 8.46. The Bertz CT molecular complexity index is 100. The monoisotopic (exact) mass is 186 g/mol. The predicted octanol–water partition coefficient (Wildman–Crippen LogP) is 2.11. The second-order valence-electron chi connectivity index (χ2n) is 3.86. The molecule has 0 saturated carbocycles. The van der Waals surface area contributed by atoms with Crippen LogP contribution in [-0.4, -0.2) is 38.1 Å². The van der Waals surface area contributed by atoms with Crippen molar-refractivity contribution in [3.05, 3.63) is 0 Å². The minimum Gasteiger partial charge on any atom is -0.316 e. The van der Waals surface area contributed by atoms with Crippen LogP contribution in [0.15, 0.2) is 0 Å². The van der Waals surface area contributed by atoms with Gasteiger partial charge >= 0.3 is 0 Å². The molecule has 1 unspecified atom stereocenters. The van der Waals surface area contributed by atoms with Crippen LogP contribution in [0.2, 0.25) is 0 Å². The lowest BCUT2D eigenvalue weighted by molar-refractivity contribution is 0.285. The summed E-state index contributed by atoms with van der Waals surface area (Å²) in [7, 11) is 4.27. The summed E-state index contributed by atoms with van der Waals surface area (Å²) in [5, 5.41) is 3.33. The Morgan fingerprint density at radius 1 is 1.23 bits per heavy atom. The van der Waals surface area contributed by atoms with Crippen molar-refractivity contribution in [2.24, 2.45) is 0 Å². The molecule has 0 aliphatic rings. The first-order valence-corrected chi connectivity index (χ1v) is 5.60. The van der Waals surface area contributed by atoms with Gasteiger partial charge in [-0.3, -0.25) is 0 Å². The summed E-state index contributed by atoms with van der Waals surface area (Å²) in [5.41, 5.74) is 0. The number of nitrogens with zero attached hydrogens (tertiary/aromatic N) is 1. The summed E-state index contributed by atoms with van der Waals surface area (Å²) >= 11 is 0. The Morgan fingerprint density at radius 2 is 1.92 bits per heavy atom. The van der Waals surface area contributed by atoms with Crippen LogP contribution in [0.4, 0.5) is 0 Å². The Labute approximate surface area is 83.7 Å². The molecule has 13 heavy (non-hydrogen) atoms. The Balaban J connectivity index is 3.42. The molecule has 0 heterocycles. The van der Waals surface area contributed by atoms with Crippen LogP contribution < -0.4 is 5.32 Å². The van der Waals surface area contributed by atoms with Crippen molar-refractivity contribution >= 4 is 0 Å².